The van der Waals surface area contributed by atoms with E-state index in [9.17, 15) is 42.7 Å². The minimum absolute atomic E-state index is 0.00362. The van der Waals surface area contributed by atoms with Gasteiger partial charge in [0, 0.05) is 23.8 Å². The van der Waals surface area contributed by atoms with Crippen LogP contribution in [0, 0.1) is 23.1 Å². The molecule has 1 aromatic carbocycles. The highest BCUT2D eigenvalue weighted by atomic mass is 31.0. The number of pyridine rings is 1. The molecule has 1 aromatic heterocycles. The summed E-state index contributed by atoms with van der Waals surface area (Å²) in [4.78, 5) is 108. The lowest BCUT2D eigenvalue weighted by molar-refractivity contribution is -0.146. The predicted molar refractivity (Wildman–Crippen MR) is 257 cm³/mol. The number of carbonyl (C=O) groups excluding carboxylic acids is 8. The number of halogens is 1. The number of hydrogen-bond acceptors (Lipinski definition) is 12. The number of ether oxygens (including phenoxy) is 3. The maximum Gasteiger partial charge on any atom is 0.308 e. The van der Waals surface area contributed by atoms with Gasteiger partial charge in [0.15, 0.2) is 17.3 Å². The molecule has 0 fully saturated rings. The number of aromatic nitrogens is 1. The van der Waals surface area contributed by atoms with Crippen molar-refractivity contribution in [3.05, 3.63) is 66.3 Å². The Morgan fingerprint density at radius 2 is 1.30 bits per heavy atom. The van der Waals surface area contributed by atoms with Gasteiger partial charge >= 0.3 is 11.9 Å². The van der Waals surface area contributed by atoms with Gasteiger partial charge in [0.2, 0.25) is 29.5 Å². The molecule has 67 heavy (non-hydrogen) atoms. The number of ketones is 1. The number of nitrogens with one attached hydrogen (secondary N) is 5. The van der Waals surface area contributed by atoms with Gasteiger partial charge in [-0.1, -0.05) is 78.5 Å². The Balaban J connectivity index is 0.00000177. The second-order valence-corrected chi connectivity index (χ2v) is 18.3. The molecule has 370 valence electrons. The molecule has 0 spiro atoms. The highest BCUT2D eigenvalue weighted by Gasteiger charge is 2.42. The smallest absolute Gasteiger partial charge is 0.308 e. The molecule has 2 aromatic rings. The monoisotopic (exact) mass is 956 g/mol. The van der Waals surface area contributed by atoms with Crippen LogP contribution in [0.4, 0.5) is 4.39 Å². The fourth-order valence-electron chi connectivity index (χ4n) is 6.86. The SMILES string of the molecule is C=Cc1cccnc1/C=C\C.COC(=O)CC(NC(=O)[C@@H](NC(C)=O)C(C)C)C(=O)N[C@H](C(=O)NC(C)C(=O)N[C@@H](CC(=O)OC)C(=O)C(C)(C)CC(C)(C)Oc1c(F)cccc1P)C(C)C. The number of rotatable bonds is 23. The molecule has 6 atom stereocenters. The van der Waals surface area contributed by atoms with E-state index >= 15 is 0 Å². The van der Waals surface area contributed by atoms with E-state index in [0.29, 0.717) is 5.30 Å². The molecule has 0 aliphatic heterocycles. The highest BCUT2D eigenvalue weighted by molar-refractivity contribution is 7.27. The van der Waals surface area contributed by atoms with E-state index in [1.807, 2.05) is 37.3 Å². The molecule has 3 unspecified atom stereocenters. The van der Waals surface area contributed by atoms with Gasteiger partial charge in [0.25, 0.3) is 0 Å². The quantitative estimate of drug-likeness (QED) is 0.0782. The maximum atomic E-state index is 14.6. The maximum absolute atomic E-state index is 14.6. The van der Waals surface area contributed by atoms with Crippen LogP contribution >= 0.6 is 9.24 Å². The molecule has 17 nitrogen and oxygen atoms in total. The van der Waals surface area contributed by atoms with Gasteiger partial charge in [-0.25, -0.2) is 4.39 Å². The lowest BCUT2D eigenvalue weighted by Gasteiger charge is -2.36. The Hall–Kier alpha value is -6.03. The van der Waals surface area contributed by atoms with Gasteiger partial charge < -0.3 is 40.8 Å². The summed E-state index contributed by atoms with van der Waals surface area (Å²) in [5.41, 5.74) is -0.283. The number of nitrogens with zero attached hydrogens (tertiary/aromatic N) is 1. The Labute approximate surface area is 396 Å². The summed E-state index contributed by atoms with van der Waals surface area (Å²) in [6, 6.07) is 1.81. The van der Waals surface area contributed by atoms with Crippen LogP contribution in [0.1, 0.15) is 107 Å². The van der Waals surface area contributed by atoms with Crippen molar-refractivity contribution in [2.45, 2.75) is 131 Å². The van der Waals surface area contributed by atoms with E-state index in [2.05, 4.69) is 52.1 Å². The van der Waals surface area contributed by atoms with E-state index in [4.69, 9.17) is 9.47 Å². The fourth-order valence-corrected chi connectivity index (χ4v) is 7.16. The third-order valence-corrected chi connectivity index (χ3v) is 10.6. The van der Waals surface area contributed by atoms with Crippen molar-refractivity contribution in [1.82, 2.24) is 31.6 Å². The number of esters is 2. The molecular formula is C48H70FN6O11P. The summed E-state index contributed by atoms with van der Waals surface area (Å²) < 4.78 is 30.0. The van der Waals surface area contributed by atoms with Crippen molar-refractivity contribution in [1.29, 1.82) is 0 Å². The predicted octanol–water partition coefficient (Wildman–Crippen LogP) is 4.13. The fraction of sp³-hybridized carbons (Fsp3) is 0.521. The van der Waals surface area contributed by atoms with E-state index in [1.54, 1.807) is 67.7 Å². The molecule has 5 N–H and O–H groups in total. The Bertz CT molecular complexity index is 2090. The average Bonchev–Trinajstić information content (AvgIpc) is 3.24. The molecule has 0 radical (unpaired) electrons. The molecule has 0 bridgehead atoms. The Morgan fingerprint density at radius 3 is 1.81 bits per heavy atom. The number of Topliss-reactive ketones (excluding diaryl/α,β-unsaturated/α-hetero) is 1. The number of methoxy groups -OCH3 is 2. The first-order valence-corrected chi connectivity index (χ1v) is 22.3. The van der Waals surface area contributed by atoms with Crippen LogP contribution in [-0.4, -0.2) is 102 Å². The average molecular weight is 957 g/mol. The number of allylic oxidation sites excluding steroid dienone is 1. The van der Waals surface area contributed by atoms with Crippen LogP contribution in [-0.2, 0) is 47.8 Å². The normalized spacial score (nSPS) is 13.6. The van der Waals surface area contributed by atoms with Gasteiger partial charge in [-0.15, -0.1) is 9.24 Å². The first-order chi connectivity index (χ1) is 31.1. The Morgan fingerprint density at radius 1 is 0.761 bits per heavy atom. The molecule has 0 saturated heterocycles. The van der Waals surface area contributed by atoms with Crippen LogP contribution < -0.4 is 36.6 Å². The lowest BCUT2D eigenvalue weighted by Crippen LogP contribution is -2.60. The number of benzene rings is 1. The summed E-state index contributed by atoms with van der Waals surface area (Å²) in [5.74, 6) is -7.54. The molecule has 1 heterocycles. The number of carbonyl (C=O) groups is 8. The minimum atomic E-state index is -1.50. The zero-order valence-corrected chi connectivity index (χ0v) is 42.1. The first-order valence-electron chi connectivity index (χ1n) is 21.7. The van der Waals surface area contributed by atoms with Crippen molar-refractivity contribution >= 4 is 74.0 Å². The van der Waals surface area contributed by atoms with Crippen molar-refractivity contribution in [3.8, 4) is 5.75 Å². The molecule has 2 rings (SSSR count). The van der Waals surface area contributed by atoms with Crippen molar-refractivity contribution in [2.24, 2.45) is 17.3 Å². The third-order valence-electron chi connectivity index (χ3n) is 10.1. The van der Waals surface area contributed by atoms with Gasteiger partial charge in [0.1, 0.15) is 29.8 Å². The molecule has 19 heteroatoms. The largest absolute Gasteiger partial charge is 0.484 e. The van der Waals surface area contributed by atoms with Crippen LogP contribution in [0.15, 0.2) is 49.2 Å². The van der Waals surface area contributed by atoms with E-state index in [-0.39, 0.29) is 18.1 Å². The molecular weight excluding hydrogens is 887 g/mol. The second-order valence-electron chi connectivity index (χ2n) is 17.7. The molecule has 0 saturated carbocycles. The van der Waals surface area contributed by atoms with Crippen LogP contribution in [0.2, 0.25) is 0 Å². The molecule has 0 aliphatic carbocycles. The zero-order valence-electron chi connectivity index (χ0n) is 41.0. The minimum Gasteiger partial charge on any atom is -0.484 e. The van der Waals surface area contributed by atoms with Crippen LogP contribution in [0.5, 0.6) is 5.75 Å². The van der Waals surface area contributed by atoms with Gasteiger partial charge in [0.05, 0.1) is 38.8 Å². The summed E-state index contributed by atoms with van der Waals surface area (Å²) in [6.45, 7) is 21.3. The first kappa shape index (κ1) is 59.0. The standard InChI is InChI=1S/C38H59FN5O11P.C10H11N/c1-19(2)29(41-22(6)45)36(52)43-25(17-28(47)54-12)34(50)44-30(20(3)4)35(51)40-21(5)33(49)42-24(16-27(46)53-11)32(48)37(7,8)18-38(9,10)55-31-23(39)14-13-15-26(31)56;1-3-6-10-9(4-2)7-5-8-11-10/h13-15,19-21,24-25,29-30H,16-18,56H2,1-12H3,(H,40,51)(H,41,45)(H,42,49)(H,43,52)(H,44,50);3-8H,2H2,1H3/b;6-3-/t21?,24-,25?,29-,30-;/m0./s1. The number of hydrogen-bond donors (Lipinski definition) is 5. The summed E-state index contributed by atoms with van der Waals surface area (Å²) >= 11 is 0. The van der Waals surface area contributed by atoms with Crippen LogP contribution in [0.3, 0.4) is 0 Å². The summed E-state index contributed by atoms with van der Waals surface area (Å²) in [5, 5.41) is 13.0. The molecule has 5 amide bonds. The van der Waals surface area contributed by atoms with Crippen molar-refractivity contribution in [3.63, 3.8) is 0 Å². The van der Waals surface area contributed by atoms with Crippen molar-refractivity contribution < 1.29 is 57.0 Å². The van der Waals surface area contributed by atoms with E-state index in [1.165, 1.54) is 26.0 Å². The van der Waals surface area contributed by atoms with Gasteiger partial charge in [-0.2, -0.15) is 0 Å². The highest BCUT2D eigenvalue weighted by Crippen LogP contribution is 2.34. The lowest BCUT2D eigenvalue weighted by atomic mass is 9.75. The third kappa shape index (κ3) is 19.8. The number of amides is 5. The molecule has 0 aliphatic rings. The topological polar surface area (TPSA) is 237 Å². The van der Waals surface area contributed by atoms with Gasteiger partial charge in [-0.05, 0) is 69.7 Å². The van der Waals surface area contributed by atoms with Crippen molar-refractivity contribution in [2.75, 3.05) is 14.2 Å². The number of para-hydroxylation sites is 1. The Kier molecular flexibility index (Phi) is 24.3. The van der Waals surface area contributed by atoms with E-state index in [0.717, 1.165) is 25.5 Å². The van der Waals surface area contributed by atoms with E-state index < -0.39 is 113 Å². The van der Waals surface area contributed by atoms with Crippen LogP contribution in [0.25, 0.3) is 12.2 Å². The van der Waals surface area contributed by atoms with Gasteiger partial charge in [-0.3, -0.25) is 43.3 Å². The summed E-state index contributed by atoms with van der Waals surface area (Å²) in [7, 11) is 4.61. The second kappa shape index (κ2) is 27.6. The zero-order chi connectivity index (χ0) is 51.4. The summed E-state index contributed by atoms with van der Waals surface area (Å²) in [6.07, 6.45) is 6.43.